The lowest BCUT2D eigenvalue weighted by molar-refractivity contribution is 0.323. The van der Waals surface area contributed by atoms with E-state index in [2.05, 4.69) is 6.92 Å². The van der Waals surface area contributed by atoms with Gasteiger partial charge in [-0.2, -0.15) is 0 Å². The van der Waals surface area contributed by atoms with Gasteiger partial charge in [-0.25, -0.2) is 4.39 Å². The fourth-order valence-corrected chi connectivity index (χ4v) is 2.62. The van der Waals surface area contributed by atoms with Crippen LogP contribution in [0.25, 0.3) is 0 Å². The van der Waals surface area contributed by atoms with E-state index >= 15 is 0 Å². The lowest BCUT2D eigenvalue weighted by Crippen LogP contribution is -2.16. The van der Waals surface area contributed by atoms with Gasteiger partial charge in [0.2, 0.25) is 0 Å². The van der Waals surface area contributed by atoms with Crippen molar-refractivity contribution in [3.8, 4) is 0 Å². The molecule has 0 aliphatic heterocycles. The van der Waals surface area contributed by atoms with E-state index in [0.717, 1.165) is 12.0 Å². The van der Waals surface area contributed by atoms with Crippen molar-refractivity contribution < 1.29 is 4.39 Å². The molecule has 1 nitrogen and oxygen atoms in total. The third-order valence-electron chi connectivity index (χ3n) is 3.54. The molecule has 0 heterocycles. The minimum atomic E-state index is -0.131. The largest absolute Gasteiger partial charge is 0.399 e. The molecule has 1 fully saturated rings. The second-order valence-corrected chi connectivity index (χ2v) is 4.65. The standard InChI is InChI=1S/C13H18FN/c1-9-4-2-3-5-11(9)12-7-6-10(15)8-13(12)14/h6-9,11H,2-5,15H2,1H3. The maximum Gasteiger partial charge on any atom is 0.128 e. The van der Waals surface area contributed by atoms with Crippen molar-refractivity contribution >= 4 is 5.69 Å². The molecule has 2 heteroatoms. The molecule has 0 aromatic heterocycles. The Kier molecular flexibility index (Phi) is 2.94. The summed E-state index contributed by atoms with van der Waals surface area (Å²) in [6.07, 6.45) is 4.84. The Morgan fingerprint density at radius 3 is 2.67 bits per heavy atom. The van der Waals surface area contributed by atoms with Crippen molar-refractivity contribution in [1.29, 1.82) is 0 Å². The SMILES string of the molecule is CC1CCCCC1c1ccc(N)cc1F. The second kappa shape index (κ2) is 4.21. The summed E-state index contributed by atoms with van der Waals surface area (Å²) in [6, 6.07) is 5.10. The van der Waals surface area contributed by atoms with Crippen LogP contribution >= 0.6 is 0 Å². The summed E-state index contributed by atoms with van der Waals surface area (Å²) >= 11 is 0. The molecule has 1 aromatic rings. The van der Waals surface area contributed by atoms with E-state index in [-0.39, 0.29) is 5.82 Å². The van der Waals surface area contributed by atoms with Crippen molar-refractivity contribution in [2.24, 2.45) is 5.92 Å². The van der Waals surface area contributed by atoms with E-state index in [9.17, 15) is 4.39 Å². The Morgan fingerprint density at radius 2 is 2.00 bits per heavy atom. The van der Waals surface area contributed by atoms with Crippen LogP contribution in [-0.4, -0.2) is 0 Å². The first-order chi connectivity index (χ1) is 7.18. The molecule has 0 amide bonds. The van der Waals surface area contributed by atoms with Gasteiger partial charge in [-0.3, -0.25) is 0 Å². The normalized spacial score (nSPS) is 26.5. The zero-order chi connectivity index (χ0) is 10.8. The number of benzene rings is 1. The predicted molar refractivity (Wildman–Crippen MR) is 61.2 cm³/mol. The van der Waals surface area contributed by atoms with Crippen LogP contribution in [0, 0.1) is 11.7 Å². The number of halogens is 1. The first-order valence-corrected chi connectivity index (χ1v) is 5.73. The fourth-order valence-electron chi connectivity index (χ4n) is 2.62. The van der Waals surface area contributed by atoms with Crippen LogP contribution in [0.1, 0.15) is 44.1 Å². The topological polar surface area (TPSA) is 26.0 Å². The number of anilines is 1. The molecule has 1 saturated carbocycles. The van der Waals surface area contributed by atoms with E-state index in [0.29, 0.717) is 17.5 Å². The average Bonchev–Trinajstić information content (AvgIpc) is 2.20. The Labute approximate surface area is 90.5 Å². The highest BCUT2D eigenvalue weighted by molar-refractivity contribution is 5.41. The van der Waals surface area contributed by atoms with Gasteiger partial charge < -0.3 is 5.73 Å². The van der Waals surface area contributed by atoms with Gasteiger partial charge in [-0.15, -0.1) is 0 Å². The number of hydrogen-bond donors (Lipinski definition) is 1. The van der Waals surface area contributed by atoms with E-state index in [1.165, 1.54) is 25.3 Å². The molecule has 1 aliphatic carbocycles. The molecule has 2 rings (SSSR count). The molecule has 2 unspecified atom stereocenters. The van der Waals surface area contributed by atoms with Crippen molar-refractivity contribution in [2.45, 2.75) is 38.5 Å². The van der Waals surface area contributed by atoms with Crippen LogP contribution in [0.5, 0.6) is 0 Å². The van der Waals surface area contributed by atoms with Crippen LogP contribution in [-0.2, 0) is 0 Å². The van der Waals surface area contributed by atoms with Gasteiger partial charge in [0.1, 0.15) is 5.82 Å². The summed E-state index contributed by atoms with van der Waals surface area (Å²) in [5.74, 6) is 0.852. The highest BCUT2D eigenvalue weighted by Crippen LogP contribution is 2.38. The van der Waals surface area contributed by atoms with Gasteiger partial charge in [0.05, 0.1) is 0 Å². The highest BCUT2D eigenvalue weighted by atomic mass is 19.1. The van der Waals surface area contributed by atoms with Crippen LogP contribution in [0.4, 0.5) is 10.1 Å². The molecule has 82 valence electrons. The van der Waals surface area contributed by atoms with Crippen molar-refractivity contribution in [1.82, 2.24) is 0 Å². The van der Waals surface area contributed by atoms with E-state index < -0.39 is 0 Å². The Hall–Kier alpha value is -1.05. The zero-order valence-electron chi connectivity index (χ0n) is 9.17. The van der Waals surface area contributed by atoms with E-state index in [4.69, 9.17) is 5.73 Å². The molecule has 0 radical (unpaired) electrons. The lowest BCUT2D eigenvalue weighted by Gasteiger charge is -2.29. The highest BCUT2D eigenvalue weighted by Gasteiger charge is 2.24. The zero-order valence-corrected chi connectivity index (χ0v) is 9.17. The van der Waals surface area contributed by atoms with Gasteiger partial charge in [0.25, 0.3) is 0 Å². The van der Waals surface area contributed by atoms with Gasteiger partial charge >= 0.3 is 0 Å². The predicted octanol–water partition coefficient (Wildman–Crippen LogP) is 3.70. The van der Waals surface area contributed by atoms with Gasteiger partial charge in [-0.05, 0) is 36.0 Å². The second-order valence-electron chi connectivity index (χ2n) is 4.65. The van der Waals surface area contributed by atoms with Gasteiger partial charge in [0.15, 0.2) is 0 Å². The summed E-state index contributed by atoms with van der Waals surface area (Å²) in [5.41, 5.74) is 6.92. The monoisotopic (exact) mass is 207 g/mol. The number of nitrogen functional groups attached to an aromatic ring is 1. The van der Waals surface area contributed by atoms with Gasteiger partial charge in [0, 0.05) is 5.69 Å². The molecule has 2 atom stereocenters. The molecule has 0 bridgehead atoms. The minimum Gasteiger partial charge on any atom is -0.399 e. The van der Waals surface area contributed by atoms with Crippen molar-refractivity contribution in [3.05, 3.63) is 29.6 Å². The van der Waals surface area contributed by atoms with E-state index in [1.54, 1.807) is 6.07 Å². The molecular weight excluding hydrogens is 189 g/mol. The molecule has 2 N–H and O–H groups in total. The summed E-state index contributed by atoms with van der Waals surface area (Å²) in [7, 11) is 0. The minimum absolute atomic E-state index is 0.131. The third-order valence-corrected chi connectivity index (χ3v) is 3.54. The average molecular weight is 207 g/mol. The number of hydrogen-bond acceptors (Lipinski definition) is 1. The molecule has 0 spiro atoms. The number of rotatable bonds is 1. The molecule has 15 heavy (non-hydrogen) atoms. The molecule has 1 aromatic carbocycles. The maximum absolute atomic E-state index is 13.7. The molecule has 1 aliphatic rings. The summed E-state index contributed by atoms with van der Waals surface area (Å²) in [4.78, 5) is 0. The van der Waals surface area contributed by atoms with Crippen molar-refractivity contribution in [2.75, 3.05) is 5.73 Å². The third kappa shape index (κ3) is 2.14. The lowest BCUT2D eigenvalue weighted by atomic mass is 9.76. The Bertz CT molecular complexity index is 348. The first-order valence-electron chi connectivity index (χ1n) is 5.73. The van der Waals surface area contributed by atoms with Crippen LogP contribution in [0.3, 0.4) is 0 Å². The Balaban J connectivity index is 2.27. The Morgan fingerprint density at radius 1 is 1.27 bits per heavy atom. The fraction of sp³-hybridized carbons (Fsp3) is 0.538. The molecule has 0 saturated heterocycles. The first kappa shape index (κ1) is 10.5. The van der Waals surface area contributed by atoms with Crippen LogP contribution < -0.4 is 5.73 Å². The summed E-state index contributed by atoms with van der Waals surface area (Å²) in [6.45, 7) is 2.22. The molecular formula is C13H18FN. The van der Waals surface area contributed by atoms with Crippen LogP contribution in [0.2, 0.25) is 0 Å². The smallest absolute Gasteiger partial charge is 0.128 e. The number of nitrogens with two attached hydrogens (primary N) is 1. The quantitative estimate of drug-likeness (QED) is 0.698. The van der Waals surface area contributed by atoms with Crippen molar-refractivity contribution in [3.63, 3.8) is 0 Å². The van der Waals surface area contributed by atoms with Crippen LogP contribution in [0.15, 0.2) is 18.2 Å². The maximum atomic E-state index is 13.7. The van der Waals surface area contributed by atoms with E-state index in [1.807, 2.05) is 6.07 Å². The summed E-state index contributed by atoms with van der Waals surface area (Å²) < 4.78 is 13.7. The summed E-state index contributed by atoms with van der Waals surface area (Å²) in [5, 5.41) is 0. The van der Waals surface area contributed by atoms with Gasteiger partial charge in [-0.1, -0.05) is 32.3 Å².